The molecular weight excluding hydrogens is 254 g/mol. The molecule has 1 saturated heterocycles. The van der Waals surface area contributed by atoms with Crippen LogP contribution in [0.4, 0.5) is 0 Å². The topological polar surface area (TPSA) is 49.8 Å². The number of aryl methyl sites for hydroxylation is 2. The van der Waals surface area contributed by atoms with Crippen molar-refractivity contribution in [3.63, 3.8) is 0 Å². The average molecular weight is 277 g/mol. The summed E-state index contributed by atoms with van der Waals surface area (Å²) < 4.78 is 5.49. The first-order chi connectivity index (χ1) is 9.51. The van der Waals surface area contributed by atoms with E-state index >= 15 is 0 Å². The third-order valence-corrected chi connectivity index (χ3v) is 3.87. The van der Waals surface area contributed by atoms with Gasteiger partial charge in [-0.3, -0.25) is 9.69 Å². The Morgan fingerprint density at radius 1 is 1.45 bits per heavy atom. The Morgan fingerprint density at radius 2 is 2.20 bits per heavy atom. The molecule has 110 valence electrons. The van der Waals surface area contributed by atoms with E-state index in [1.165, 1.54) is 5.56 Å². The van der Waals surface area contributed by atoms with Crippen LogP contribution in [0, 0.1) is 13.8 Å². The first-order valence-corrected chi connectivity index (χ1v) is 7.08. The Balaban J connectivity index is 2.06. The molecule has 1 N–H and O–H groups in total. The summed E-state index contributed by atoms with van der Waals surface area (Å²) in [4.78, 5) is 14.5. The van der Waals surface area contributed by atoms with Gasteiger partial charge >= 0.3 is 0 Å². The number of nitrogens with zero attached hydrogens (tertiary/aromatic N) is 1. The second-order valence-corrected chi connectivity index (χ2v) is 5.66. The second-order valence-electron chi connectivity index (χ2n) is 5.66. The maximum atomic E-state index is 12.4. The molecule has 0 bridgehead atoms. The quantitative estimate of drug-likeness (QED) is 0.849. The summed E-state index contributed by atoms with van der Waals surface area (Å²) in [6, 6.07) is 6.11. The Labute approximate surface area is 120 Å². The van der Waals surface area contributed by atoms with Gasteiger partial charge in [0.15, 0.2) is 5.78 Å². The van der Waals surface area contributed by atoms with E-state index < -0.39 is 0 Å². The molecule has 1 aliphatic rings. The van der Waals surface area contributed by atoms with Crippen molar-refractivity contribution >= 4 is 5.78 Å². The average Bonchev–Trinajstić information content (AvgIpc) is 2.41. The molecule has 1 fully saturated rings. The number of hydrogen-bond acceptors (Lipinski definition) is 4. The van der Waals surface area contributed by atoms with Crippen molar-refractivity contribution in [3.8, 4) is 0 Å². The van der Waals surface area contributed by atoms with Gasteiger partial charge in [-0.25, -0.2) is 0 Å². The van der Waals surface area contributed by atoms with Crippen molar-refractivity contribution in [2.45, 2.75) is 32.9 Å². The first-order valence-electron chi connectivity index (χ1n) is 7.08. The summed E-state index contributed by atoms with van der Waals surface area (Å²) in [5.41, 5.74) is 2.98. The fourth-order valence-electron chi connectivity index (χ4n) is 2.60. The molecule has 2 rings (SSSR count). The van der Waals surface area contributed by atoms with Crippen LogP contribution in [0.25, 0.3) is 0 Å². The summed E-state index contributed by atoms with van der Waals surface area (Å²) >= 11 is 0. The van der Waals surface area contributed by atoms with Gasteiger partial charge in [0.05, 0.1) is 25.9 Å². The van der Waals surface area contributed by atoms with Crippen LogP contribution in [0.1, 0.15) is 28.4 Å². The van der Waals surface area contributed by atoms with Crippen molar-refractivity contribution < 1.29 is 14.6 Å². The summed E-state index contributed by atoms with van der Waals surface area (Å²) in [6.45, 7) is 7.59. The lowest BCUT2D eigenvalue weighted by Crippen LogP contribution is -2.51. The highest BCUT2D eigenvalue weighted by Crippen LogP contribution is 2.15. The molecule has 20 heavy (non-hydrogen) atoms. The minimum absolute atomic E-state index is 0.000962. The molecule has 1 aromatic rings. The highest BCUT2D eigenvalue weighted by molar-refractivity contribution is 5.99. The molecule has 0 amide bonds. The predicted molar refractivity (Wildman–Crippen MR) is 78.1 cm³/mol. The molecule has 0 aliphatic carbocycles. The fourth-order valence-corrected chi connectivity index (χ4v) is 2.60. The number of Topliss-reactive ketones (excluding diaryl/α,β-unsaturated/α-hetero) is 1. The summed E-state index contributed by atoms with van der Waals surface area (Å²) in [5, 5.41) is 9.18. The van der Waals surface area contributed by atoms with Crippen LogP contribution >= 0.6 is 0 Å². The molecule has 2 atom stereocenters. The number of aliphatic hydroxyl groups excluding tert-OH is 1. The van der Waals surface area contributed by atoms with E-state index in [-0.39, 0.29) is 24.5 Å². The number of ketones is 1. The molecule has 4 nitrogen and oxygen atoms in total. The molecule has 4 heteroatoms. The largest absolute Gasteiger partial charge is 0.394 e. The van der Waals surface area contributed by atoms with E-state index in [0.717, 1.165) is 11.1 Å². The Bertz CT molecular complexity index is 487. The number of hydrogen-bond donors (Lipinski definition) is 1. The zero-order valence-corrected chi connectivity index (χ0v) is 12.4. The van der Waals surface area contributed by atoms with Gasteiger partial charge in [0, 0.05) is 18.2 Å². The fraction of sp³-hybridized carbons (Fsp3) is 0.562. The zero-order chi connectivity index (χ0) is 14.7. The zero-order valence-electron chi connectivity index (χ0n) is 12.4. The van der Waals surface area contributed by atoms with E-state index in [0.29, 0.717) is 19.7 Å². The van der Waals surface area contributed by atoms with Crippen LogP contribution in [0.5, 0.6) is 0 Å². The van der Waals surface area contributed by atoms with Crippen molar-refractivity contribution in [1.29, 1.82) is 0 Å². The van der Waals surface area contributed by atoms with Gasteiger partial charge in [0.2, 0.25) is 0 Å². The number of aliphatic hydroxyl groups is 1. The standard InChI is InChI=1S/C16H23NO3/c1-11-4-5-15(12(2)6-11)16(19)8-17-7-14(9-18)20-10-13(17)3/h4-6,13-14,18H,7-10H2,1-3H3. The normalized spacial score (nSPS) is 23.8. The first kappa shape index (κ1) is 15.2. The molecule has 2 unspecified atom stereocenters. The number of benzene rings is 1. The molecule has 0 spiro atoms. The van der Waals surface area contributed by atoms with Gasteiger partial charge in [0.25, 0.3) is 0 Å². The third-order valence-electron chi connectivity index (χ3n) is 3.87. The molecule has 0 aromatic heterocycles. The van der Waals surface area contributed by atoms with Gasteiger partial charge in [-0.15, -0.1) is 0 Å². The van der Waals surface area contributed by atoms with Crippen LogP contribution in [-0.4, -0.2) is 54.2 Å². The summed E-state index contributed by atoms with van der Waals surface area (Å²) in [6.07, 6.45) is -0.182. The summed E-state index contributed by atoms with van der Waals surface area (Å²) in [7, 11) is 0. The van der Waals surface area contributed by atoms with Crippen LogP contribution in [-0.2, 0) is 4.74 Å². The maximum Gasteiger partial charge on any atom is 0.177 e. The lowest BCUT2D eigenvalue weighted by molar-refractivity contribution is -0.0747. The minimum atomic E-state index is -0.182. The number of morpholine rings is 1. The number of ether oxygens (including phenoxy) is 1. The maximum absolute atomic E-state index is 12.4. The second kappa shape index (κ2) is 6.48. The SMILES string of the molecule is Cc1ccc(C(=O)CN2CC(CO)OCC2C)c(C)c1. The van der Waals surface area contributed by atoms with Gasteiger partial charge in [-0.1, -0.05) is 23.8 Å². The molecular formula is C16H23NO3. The van der Waals surface area contributed by atoms with E-state index in [2.05, 4.69) is 4.90 Å². The van der Waals surface area contributed by atoms with E-state index in [4.69, 9.17) is 4.74 Å². The van der Waals surface area contributed by atoms with Gasteiger partial charge < -0.3 is 9.84 Å². The van der Waals surface area contributed by atoms with E-state index in [9.17, 15) is 9.90 Å². The lowest BCUT2D eigenvalue weighted by Gasteiger charge is -2.36. The van der Waals surface area contributed by atoms with Crippen molar-refractivity contribution in [3.05, 3.63) is 34.9 Å². The Kier molecular flexibility index (Phi) is 4.91. The van der Waals surface area contributed by atoms with Gasteiger partial charge in [-0.05, 0) is 26.3 Å². The lowest BCUT2D eigenvalue weighted by atomic mass is 10.0. The van der Waals surface area contributed by atoms with Crippen molar-refractivity contribution in [2.75, 3.05) is 26.3 Å². The van der Waals surface area contributed by atoms with Gasteiger partial charge in [0.1, 0.15) is 0 Å². The van der Waals surface area contributed by atoms with E-state index in [1.807, 2.05) is 39.0 Å². The Hall–Kier alpha value is -1.23. The number of rotatable bonds is 4. The van der Waals surface area contributed by atoms with Crippen molar-refractivity contribution in [2.24, 2.45) is 0 Å². The molecule has 1 aromatic carbocycles. The minimum Gasteiger partial charge on any atom is -0.394 e. The van der Waals surface area contributed by atoms with E-state index in [1.54, 1.807) is 0 Å². The van der Waals surface area contributed by atoms with Crippen LogP contribution < -0.4 is 0 Å². The molecule has 0 radical (unpaired) electrons. The predicted octanol–water partition coefficient (Wildman–Crippen LogP) is 1.57. The van der Waals surface area contributed by atoms with Gasteiger partial charge in [-0.2, -0.15) is 0 Å². The highest BCUT2D eigenvalue weighted by Gasteiger charge is 2.27. The van der Waals surface area contributed by atoms with Crippen LogP contribution in [0.3, 0.4) is 0 Å². The van der Waals surface area contributed by atoms with Crippen molar-refractivity contribution in [1.82, 2.24) is 4.90 Å². The Morgan fingerprint density at radius 3 is 2.85 bits per heavy atom. The highest BCUT2D eigenvalue weighted by atomic mass is 16.5. The number of carbonyl (C=O) groups excluding carboxylic acids is 1. The molecule has 1 aliphatic heterocycles. The monoisotopic (exact) mass is 277 g/mol. The molecule has 0 saturated carbocycles. The van der Waals surface area contributed by atoms with Crippen LogP contribution in [0.15, 0.2) is 18.2 Å². The smallest absolute Gasteiger partial charge is 0.177 e. The summed E-state index contributed by atoms with van der Waals surface area (Å²) in [5.74, 6) is 0.132. The molecule has 1 heterocycles. The third kappa shape index (κ3) is 3.45. The van der Waals surface area contributed by atoms with Crippen LogP contribution in [0.2, 0.25) is 0 Å². The number of carbonyl (C=O) groups is 1.